The number of carbonyl (C=O) groups is 3. The molecule has 0 aromatic carbocycles. The molecule has 6 nitrogen and oxygen atoms in total. The number of hydrogen-bond donors (Lipinski definition) is 0. The summed E-state index contributed by atoms with van der Waals surface area (Å²) in [5, 5.41) is 0. The van der Waals surface area contributed by atoms with Crippen molar-refractivity contribution < 1.29 is 28.6 Å². The third kappa shape index (κ3) is 62.7. The summed E-state index contributed by atoms with van der Waals surface area (Å²) in [4.78, 5) is 38.3. The minimum Gasteiger partial charge on any atom is -0.462 e. The molecule has 1 unspecified atom stereocenters. The summed E-state index contributed by atoms with van der Waals surface area (Å²) in [6, 6.07) is 0. The Labute approximate surface area is 474 Å². The first kappa shape index (κ1) is 73.9. The monoisotopic (exact) mass is 1070 g/mol. The van der Waals surface area contributed by atoms with Crippen LogP contribution in [0.4, 0.5) is 0 Å². The SMILES string of the molecule is CCCCCC/C=C\C/C=C\CCCCCCCC(=O)OC(COC(=O)CCCCCCCCCCCCCCCC)COC(=O)CCCCCCCCCCCCCCCCCCCCCCCCCCCCCC. The van der Waals surface area contributed by atoms with E-state index in [-0.39, 0.29) is 31.1 Å². The number of unbranched alkanes of at least 4 members (excludes halogenated alkanes) is 49. The van der Waals surface area contributed by atoms with Gasteiger partial charge in [0.25, 0.3) is 0 Å². The van der Waals surface area contributed by atoms with Crippen molar-refractivity contribution in [1.29, 1.82) is 0 Å². The summed E-state index contributed by atoms with van der Waals surface area (Å²) < 4.78 is 17.0. The van der Waals surface area contributed by atoms with Gasteiger partial charge in [-0.25, -0.2) is 0 Å². The number of allylic oxidation sites excluding steroid dienone is 4. The fourth-order valence-corrected chi connectivity index (χ4v) is 10.5. The van der Waals surface area contributed by atoms with E-state index in [0.29, 0.717) is 19.3 Å². The van der Waals surface area contributed by atoms with Crippen LogP contribution in [0.25, 0.3) is 0 Å². The van der Waals surface area contributed by atoms with E-state index in [9.17, 15) is 14.4 Å². The van der Waals surface area contributed by atoms with Crippen LogP contribution in [0.15, 0.2) is 24.3 Å². The molecular weight excluding hydrogens is 937 g/mol. The van der Waals surface area contributed by atoms with Gasteiger partial charge in [0.2, 0.25) is 0 Å². The zero-order valence-corrected chi connectivity index (χ0v) is 51.6. The van der Waals surface area contributed by atoms with Crippen LogP contribution in [0.5, 0.6) is 0 Å². The second kappa shape index (κ2) is 65.4. The predicted octanol–water partition coefficient (Wildman–Crippen LogP) is 23.4. The largest absolute Gasteiger partial charge is 0.462 e. The van der Waals surface area contributed by atoms with E-state index < -0.39 is 6.10 Å². The number of hydrogen-bond acceptors (Lipinski definition) is 6. The van der Waals surface area contributed by atoms with Gasteiger partial charge in [0, 0.05) is 19.3 Å². The lowest BCUT2D eigenvalue weighted by molar-refractivity contribution is -0.167. The van der Waals surface area contributed by atoms with Crippen molar-refractivity contribution in [3.8, 4) is 0 Å². The topological polar surface area (TPSA) is 78.9 Å². The summed E-state index contributed by atoms with van der Waals surface area (Å²) in [7, 11) is 0. The molecule has 0 spiro atoms. The van der Waals surface area contributed by atoms with Crippen LogP contribution in [-0.4, -0.2) is 37.2 Å². The zero-order chi connectivity index (χ0) is 55.0. The molecule has 6 heteroatoms. The Kier molecular flexibility index (Phi) is 63.6. The van der Waals surface area contributed by atoms with Crippen molar-refractivity contribution in [3.05, 3.63) is 24.3 Å². The molecule has 0 rings (SSSR count). The molecule has 0 radical (unpaired) electrons. The van der Waals surface area contributed by atoms with Gasteiger partial charge in [-0.1, -0.05) is 340 Å². The minimum atomic E-state index is -0.775. The fourth-order valence-electron chi connectivity index (χ4n) is 10.5. The maximum absolute atomic E-state index is 12.9. The van der Waals surface area contributed by atoms with Gasteiger partial charge < -0.3 is 14.2 Å². The fraction of sp³-hybridized carbons (Fsp3) is 0.900. The van der Waals surface area contributed by atoms with E-state index in [2.05, 4.69) is 45.1 Å². The lowest BCUT2D eigenvalue weighted by Gasteiger charge is -2.18. The van der Waals surface area contributed by atoms with Crippen molar-refractivity contribution in [2.75, 3.05) is 13.2 Å². The van der Waals surface area contributed by atoms with Crippen LogP contribution in [-0.2, 0) is 28.6 Å². The van der Waals surface area contributed by atoms with Crippen molar-refractivity contribution in [2.45, 2.75) is 393 Å². The summed E-state index contributed by atoms with van der Waals surface area (Å²) in [5.41, 5.74) is 0. The Morgan fingerprint density at radius 3 is 0.737 bits per heavy atom. The van der Waals surface area contributed by atoms with Gasteiger partial charge in [0.05, 0.1) is 0 Å². The molecule has 0 amide bonds. The van der Waals surface area contributed by atoms with E-state index in [4.69, 9.17) is 14.2 Å². The highest BCUT2D eigenvalue weighted by Gasteiger charge is 2.19. The van der Waals surface area contributed by atoms with Crippen molar-refractivity contribution in [2.24, 2.45) is 0 Å². The maximum Gasteiger partial charge on any atom is 0.306 e. The Hall–Kier alpha value is -2.11. The van der Waals surface area contributed by atoms with Crippen LogP contribution in [0, 0.1) is 0 Å². The molecule has 0 bridgehead atoms. The van der Waals surface area contributed by atoms with Crippen molar-refractivity contribution >= 4 is 17.9 Å². The molecule has 0 aromatic heterocycles. The molecule has 0 aromatic rings. The second-order valence-electron chi connectivity index (χ2n) is 23.5. The standard InChI is InChI=1S/C70H132O6/c1-4-7-10-13-16-19-22-25-28-30-31-32-33-34-35-36-37-38-39-40-41-43-45-48-51-54-57-60-63-69(72)75-66-67(65-74-68(71)62-59-56-53-50-47-44-27-24-21-18-15-12-9-6-3)76-70(73)64-61-58-55-52-49-46-42-29-26-23-20-17-14-11-8-5-2/h20,23,29,42,67H,4-19,21-22,24-28,30-41,43-66H2,1-3H3/b23-20-,42-29-. The van der Waals surface area contributed by atoms with Gasteiger partial charge in [0.15, 0.2) is 6.10 Å². The Balaban J connectivity index is 4.18. The first-order valence-corrected chi connectivity index (χ1v) is 34.3. The lowest BCUT2D eigenvalue weighted by Crippen LogP contribution is -2.30. The number of rotatable bonds is 64. The number of carbonyl (C=O) groups excluding carboxylic acids is 3. The van der Waals surface area contributed by atoms with Gasteiger partial charge in [-0.05, 0) is 51.4 Å². The number of ether oxygens (including phenoxy) is 3. The van der Waals surface area contributed by atoms with Gasteiger partial charge >= 0.3 is 17.9 Å². The molecule has 448 valence electrons. The van der Waals surface area contributed by atoms with Gasteiger partial charge in [-0.15, -0.1) is 0 Å². The Bertz CT molecular complexity index is 1230. The predicted molar refractivity (Wildman–Crippen MR) is 330 cm³/mol. The molecule has 0 aliphatic carbocycles. The molecule has 0 saturated heterocycles. The minimum absolute atomic E-state index is 0.0709. The van der Waals surface area contributed by atoms with Crippen molar-refractivity contribution in [1.82, 2.24) is 0 Å². The summed E-state index contributed by atoms with van der Waals surface area (Å²) in [6.07, 6.45) is 79.2. The quantitative estimate of drug-likeness (QED) is 0.0261. The van der Waals surface area contributed by atoms with Crippen LogP contribution in [0.2, 0.25) is 0 Å². The van der Waals surface area contributed by atoms with Crippen LogP contribution < -0.4 is 0 Å². The summed E-state index contributed by atoms with van der Waals surface area (Å²) in [5.74, 6) is -0.855. The molecule has 0 aliphatic rings. The van der Waals surface area contributed by atoms with E-state index in [1.54, 1.807) is 0 Å². The first-order chi connectivity index (χ1) is 37.5. The van der Waals surface area contributed by atoms with E-state index in [1.165, 1.54) is 270 Å². The zero-order valence-electron chi connectivity index (χ0n) is 51.6. The van der Waals surface area contributed by atoms with E-state index in [0.717, 1.165) is 77.0 Å². The molecular formula is C70H132O6. The number of esters is 3. The highest BCUT2D eigenvalue weighted by atomic mass is 16.6. The summed E-state index contributed by atoms with van der Waals surface area (Å²) >= 11 is 0. The molecule has 0 fully saturated rings. The average Bonchev–Trinajstić information content (AvgIpc) is 3.42. The highest BCUT2D eigenvalue weighted by Crippen LogP contribution is 2.19. The third-order valence-corrected chi connectivity index (χ3v) is 15.7. The van der Waals surface area contributed by atoms with Gasteiger partial charge in [-0.2, -0.15) is 0 Å². The third-order valence-electron chi connectivity index (χ3n) is 15.7. The lowest BCUT2D eigenvalue weighted by atomic mass is 10.0. The van der Waals surface area contributed by atoms with Gasteiger partial charge in [0.1, 0.15) is 13.2 Å². The van der Waals surface area contributed by atoms with E-state index in [1.807, 2.05) is 0 Å². The second-order valence-corrected chi connectivity index (χ2v) is 23.5. The maximum atomic E-state index is 12.9. The summed E-state index contributed by atoms with van der Waals surface area (Å²) in [6.45, 7) is 6.69. The van der Waals surface area contributed by atoms with Crippen LogP contribution in [0.3, 0.4) is 0 Å². The van der Waals surface area contributed by atoms with E-state index >= 15 is 0 Å². The molecule has 0 saturated carbocycles. The van der Waals surface area contributed by atoms with Crippen LogP contribution >= 0.6 is 0 Å². The molecule has 0 N–H and O–H groups in total. The molecule has 76 heavy (non-hydrogen) atoms. The Morgan fingerprint density at radius 2 is 0.474 bits per heavy atom. The van der Waals surface area contributed by atoms with Crippen LogP contribution in [0.1, 0.15) is 387 Å². The molecule has 1 atom stereocenters. The van der Waals surface area contributed by atoms with Gasteiger partial charge in [-0.3, -0.25) is 14.4 Å². The van der Waals surface area contributed by atoms with Crippen molar-refractivity contribution in [3.63, 3.8) is 0 Å². The first-order valence-electron chi connectivity index (χ1n) is 34.3. The average molecular weight is 1070 g/mol. The molecule has 0 heterocycles. The normalized spacial score (nSPS) is 12.1. The molecule has 0 aliphatic heterocycles. The Morgan fingerprint density at radius 1 is 0.263 bits per heavy atom. The smallest absolute Gasteiger partial charge is 0.306 e. The highest BCUT2D eigenvalue weighted by molar-refractivity contribution is 5.71.